The Balaban J connectivity index is 2.89. The first-order valence-electron chi connectivity index (χ1n) is 9.15. The zero-order valence-electron chi connectivity index (χ0n) is 17.6. The normalized spacial score (nSPS) is 13.0. The number of benzene rings is 1. The van der Waals surface area contributed by atoms with Crippen molar-refractivity contribution in [3.05, 3.63) is 35.9 Å². The topological polar surface area (TPSA) is 65.1 Å². The Morgan fingerprint density at radius 2 is 1.63 bits per heavy atom. The van der Waals surface area contributed by atoms with Crippen LogP contribution >= 0.6 is 0 Å². The molecule has 6 heteroatoms. The molecular formula is C21H33NO5. The van der Waals surface area contributed by atoms with Gasteiger partial charge in [0.1, 0.15) is 11.6 Å². The largest absolute Gasteiger partial charge is 0.467 e. The van der Waals surface area contributed by atoms with Crippen molar-refractivity contribution in [1.82, 2.24) is 4.90 Å². The number of esters is 1. The number of ether oxygens (including phenoxy) is 3. The standard InChI is InChI=1S/C21H33NO5/c1-20(2,3)17(18(23)25-7)22(19(24)27-21(4,5)6)13-14-26-15-16-11-9-8-10-12-16/h8-12,17H,13-15H2,1-7H3/t17-/m1/s1. The van der Waals surface area contributed by atoms with Crippen molar-refractivity contribution < 1.29 is 23.8 Å². The highest BCUT2D eigenvalue weighted by Gasteiger charge is 2.41. The first-order chi connectivity index (χ1) is 12.5. The second-order valence-corrected chi connectivity index (χ2v) is 8.50. The van der Waals surface area contributed by atoms with E-state index < -0.39 is 29.1 Å². The van der Waals surface area contributed by atoms with Gasteiger partial charge in [-0.3, -0.25) is 4.90 Å². The van der Waals surface area contributed by atoms with Gasteiger partial charge in [0, 0.05) is 6.54 Å². The fraction of sp³-hybridized carbons (Fsp3) is 0.619. The minimum absolute atomic E-state index is 0.221. The van der Waals surface area contributed by atoms with E-state index >= 15 is 0 Å². The zero-order chi connectivity index (χ0) is 20.7. The van der Waals surface area contributed by atoms with Crippen LogP contribution < -0.4 is 0 Å². The third-order valence-electron chi connectivity index (χ3n) is 3.77. The minimum atomic E-state index is -0.780. The molecule has 0 heterocycles. The predicted octanol–water partition coefficient (Wildman–Crippen LogP) is 4.03. The van der Waals surface area contributed by atoms with Crippen molar-refractivity contribution in [2.45, 2.75) is 59.8 Å². The van der Waals surface area contributed by atoms with Crippen LogP contribution in [0.2, 0.25) is 0 Å². The van der Waals surface area contributed by atoms with Crippen LogP contribution in [0.4, 0.5) is 4.79 Å². The second-order valence-electron chi connectivity index (χ2n) is 8.50. The molecule has 1 amide bonds. The van der Waals surface area contributed by atoms with Crippen LogP contribution in [0.15, 0.2) is 30.3 Å². The summed E-state index contributed by atoms with van der Waals surface area (Å²) in [6, 6.07) is 8.99. The summed E-state index contributed by atoms with van der Waals surface area (Å²) in [4.78, 5) is 26.6. The maximum atomic E-state index is 12.8. The van der Waals surface area contributed by atoms with Crippen LogP contribution in [0, 0.1) is 5.41 Å². The van der Waals surface area contributed by atoms with E-state index in [0.29, 0.717) is 6.61 Å². The molecule has 0 aliphatic heterocycles. The number of amides is 1. The molecule has 0 fully saturated rings. The summed E-state index contributed by atoms with van der Waals surface area (Å²) in [5, 5.41) is 0. The summed E-state index contributed by atoms with van der Waals surface area (Å²) in [5.41, 5.74) is -0.149. The highest BCUT2D eigenvalue weighted by atomic mass is 16.6. The monoisotopic (exact) mass is 379 g/mol. The van der Waals surface area contributed by atoms with Gasteiger partial charge < -0.3 is 14.2 Å². The molecule has 6 nitrogen and oxygen atoms in total. The molecule has 0 spiro atoms. The maximum Gasteiger partial charge on any atom is 0.411 e. The zero-order valence-corrected chi connectivity index (χ0v) is 17.6. The third kappa shape index (κ3) is 7.99. The van der Waals surface area contributed by atoms with Crippen LogP contribution in [-0.4, -0.2) is 48.9 Å². The van der Waals surface area contributed by atoms with Gasteiger partial charge in [0.15, 0.2) is 0 Å². The number of nitrogens with zero attached hydrogens (tertiary/aromatic N) is 1. The molecule has 1 aromatic rings. The molecule has 0 saturated heterocycles. The van der Waals surface area contributed by atoms with Crippen molar-refractivity contribution in [1.29, 1.82) is 0 Å². The lowest BCUT2D eigenvalue weighted by Crippen LogP contribution is -2.54. The lowest BCUT2D eigenvalue weighted by molar-refractivity contribution is -0.151. The van der Waals surface area contributed by atoms with Crippen LogP contribution in [0.3, 0.4) is 0 Å². The molecule has 0 aliphatic rings. The van der Waals surface area contributed by atoms with E-state index in [4.69, 9.17) is 14.2 Å². The highest BCUT2D eigenvalue weighted by Crippen LogP contribution is 2.27. The number of hydrogen-bond acceptors (Lipinski definition) is 5. The van der Waals surface area contributed by atoms with Gasteiger partial charge in [0.25, 0.3) is 0 Å². The smallest absolute Gasteiger partial charge is 0.411 e. The van der Waals surface area contributed by atoms with Crippen molar-refractivity contribution in [2.24, 2.45) is 5.41 Å². The number of methoxy groups -OCH3 is 1. The Morgan fingerprint density at radius 3 is 2.11 bits per heavy atom. The van der Waals surface area contributed by atoms with Crippen LogP contribution in [0.1, 0.15) is 47.1 Å². The average molecular weight is 379 g/mol. The van der Waals surface area contributed by atoms with Crippen LogP contribution in [0.5, 0.6) is 0 Å². The van der Waals surface area contributed by atoms with Crippen molar-refractivity contribution in [3.63, 3.8) is 0 Å². The molecule has 0 unspecified atom stereocenters. The van der Waals surface area contributed by atoms with Crippen molar-refractivity contribution >= 4 is 12.1 Å². The van der Waals surface area contributed by atoms with Gasteiger partial charge in [-0.1, -0.05) is 51.1 Å². The molecule has 0 saturated carbocycles. The molecule has 152 valence electrons. The van der Waals surface area contributed by atoms with Gasteiger partial charge in [-0.2, -0.15) is 0 Å². The predicted molar refractivity (Wildman–Crippen MR) is 104 cm³/mol. The van der Waals surface area contributed by atoms with E-state index in [1.807, 2.05) is 51.1 Å². The first kappa shape index (κ1) is 23.0. The van der Waals surface area contributed by atoms with Gasteiger partial charge >= 0.3 is 12.1 Å². The maximum absolute atomic E-state index is 12.8. The molecule has 0 radical (unpaired) electrons. The van der Waals surface area contributed by atoms with Crippen molar-refractivity contribution in [2.75, 3.05) is 20.3 Å². The number of hydrogen-bond donors (Lipinski definition) is 0. The van der Waals surface area contributed by atoms with E-state index in [1.54, 1.807) is 20.8 Å². The summed E-state index contributed by atoms with van der Waals surface area (Å²) in [6.45, 7) is 12.0. The van der Waals surface area contributed by atoms with Crippen molar-refractivity contribution in [3.8, 4) is 0 Å². The van der Waals surface area contributed by atoms with Gasteiger partial charge in [0.2, 0.25) is 0 Å². The number of rotatable bonds is 7. The Morgan fingerprint density at radius 1 is 1.04 bits per heavy atom. The van der Waals surface area contributed by atoms with Crippen LogP contribution in [-0.2, 0) is 25.6 Å². The van der Waals surface area contributed by atoms with Gasteiger partial charge in [-0.05, 0) is 31.7 Å². The summed E-state index contributed by atoms with van der Waals surface area (Å²) < 4.78 is 16.2. The molecule has 0 aliphatic carbocycles. The Kier molecular flexibility index (Phi) is 8.28. The summed E-state index contributed by atoms with van der Waals surface area (Å²) in [6.07, 6.45) is -0.559. The molecule has 0 N–H and O–H groups in total. The van der Waals surface area contributed by atoms with Gasteiger partial charge in [-0.15, -0.1) is 0 Å². The molecule has 1 atom stereocenters. The summed E-state index contributed by atoms with van der Waals surface area (Å²) >= 11 is 0. The first-order valence-corrected chi connectivity index (χ1v) is 9.15. The van der Waals surface area contributed by atoms with E-state index in [1.165, 1.54) is 12.0 Å². The summed E-state index contributed by atoms with van der Waals surface area (Å²) in [7, 11) is 1.32. The Bertz CT molecular complexity index is 601. The van der Waals surface area contributed by atoms with Crippen LogP contribution in [0.25, 0.3) is 0 Å². The van der Waals surface area contributed by atoms with E-state index in [9.17, 15) is 9.59 Å². The fourth-order valence-corrected chi connectivity index (χ4v) is 2.63. The minimum Gasteiger partial charge on any atom is -0.467 e. The van der Waals surface area contributed by atoms with Gasteiger partial charge in [-0.25, -0.2) is 9.59 Å². The Hall–Kier alpha value is -2.08. The molecule has 1 rings (SSSR count). The lowest BCUT2D eigenvalue weighted by atomic mass is 9.85. The molecule has 1 aromatic carbocycles. The number of carbonyl (C=O) groups is 2. The average Bonchev–Trinajstić information content (AvgIpc) is 2.55. The van der Waals surface area contributed by atoms with E-state index in [-0.39, 0.29) is 13.2 Å². The molecule has 0 aromatic heterocycles. The molecule has 27 heavy (non-hydrogen) atoms. The highest BCUT2D eigenvalue weighted by molar-refractivity contribution is 5.82. The molecular weight excluding hydrogens is 346 g/mol. The molecule has 0 bridgehead atoms. The Labute approximate surface area is 162 Å². The fourth-order valence-electron chi connectivity index (χ4n) is 2.63. The van der Waals surface area contributed by atoms with Gasteiger partial charge in [0.05, 0.1) is 20.3 Å². The van der Waals surface area contributed by atoms with E-state index in [2.05, 4.69) is 0 Å². The summed E-state index contributed by atoms with van der Waals surface area (Å²) in [5.74, 6) is -0.476. The number of carbonyl (C=O) groups excluding carboxylic acids is 2. The lowest BCUT2D eigenvalue weighted by Gasteiger charge is -2.38. The van der Waals surface area contributed by atoms with E-state index in [0.717, 1.165) is 5.56 Å². The quantitative estimate of drug-likeness (QED) is 0.529. The SMILES string of the molecule is COC(=O)[C@@H](N(CCOCc1ccccc1)C(=O)OC(C)(C)C)C(C)(C)C. The third-order valence-corrected chi connectivity index (χ3v) is 3.77. The second kappa shape index (κ2) is 9.74.